The Morgan fingerprint density at radius 2 is 2.21 bits per heavy atom. The number of phenolic OH excluding ortho intramolecular Hbond substituents is 1. The summed E-state index contributed by atoms with van der Waals surface area (Å²) in [6.45, 7) is 4.90. The summed E-state index contributed by atoms with van der Waals surface area (Å²) in [6.07, 6.45) is 0.00732. The van der Waals surface area contributed by atoms with Gasteiger partial charge in [-0.3, -0.25) is 4.79 Å². The zero-order chi connectivity index (χ0) is 14.0. The van der Waals surface area contributed by atoms with E-state index in [1.165, 1.54) is 7.11 Å². The number of carbonyl (C=O) groups excluding carboxylic acids is 1. The number of benzene rings is 1. The number of nitrogens with zero attached hydrogens (tertiary/aromatic N) is 1. The maximum Gasteiger partial charge on any atom is 0.258 e. The maximum atomic E-state index is 12.5. The molecule has 2 unspecified atom stereocenters. The molecule has 1 N–H and O–H groups in total. The number of aromatic hydroxyl groups is 1. The first kappa shape index (κ1) is 13.7. The number of amides is 1. The standard InChI is InChI=1S/C14H19NO4/c1-9-8-19-10(2)7-15(9)14(17)11-5-4-6-12(18-3)13(11)16/h4-6,9-10,16H,7-8H2,1-3H3. The van der Waals surface area contributed by atoms with Gasteiger partial charge in [0.2, 0.25) is 0 Å². The minimum atomic E-state index is -0.195. The molecule has 1 fully saturated rings. The van der Waals surface area contributed by atoms with Crippen molar-refractivity contribution in [2.24, 2.45) is 0 Å². The van der Waals surface area contributed by atoms with E-state index in [-0.39, 0.29) is 29.4 Å². The lowest BCUT2D eigenvalue weighted by atomic mass is 10.1. The Morgan fingerprint density at radius 1 is 1.47 bits per heavy atom. The van der Waals surface area contributed by atoms with Gasteiger partial charge in [-0.05, 0) is 26.0 Å². The number of hydrogen-bond donors (Lipinski definition) is 1. The second-order valence-electron chi connectivity index (χ2n) is 4.81. The average molecular weight is 265 g/mol. The van der Waals surface area contributed by atoms with Crippen LogP contribution < -0.4 is 4.74 Å². The van der Waals surface area contributed by atoms with Gasteiger partial charge in [-0.15, -0.1) is 0 Å². The molecule has 1 aromatic rings. The quantitative estimate of drug-likeness (QED) is 0.883. The predicted octanol–water partition coefficient (Wildman–Crippen LogP) is 1.65. The zero-order valence-corrected chi connectivity index (χ0v) is 11.4. The molecule has 2 rings (SSSR count). The monoisotopic (exact) mass is 265 g/mol. The normalized spacial score (nSPS) is 23.2. The Kier molecular flexibility index (Phi) is 3.95. The highest BCUT2D eigenvalue weighted by molar-refractivity contribution is 5.97. The summed E-state index contributed by atoms with van der Waals surface area (Å²) in [5.74, 6) is 0.000191. The minimum absolute atomic E-state index is 0.00528. The minimum Gasteiger partial charge on any atom is -0.504 e. The van der Waals surface area contributed by atoms with Crippen molar-refractivity contribution in [1.82, 2.24) is 4.90 Å². The number of ether oxygens (including phenoxy) is 2. The average Bonchev–Trinajstić information content (AvgIpc) is 2.41. The molecule has 1 saturated heterocycles. The van der Waals surface area contributed by atoms with Crippen molar-refractivity contribution in [3.63, 3.8) is 0 Å². The number of phenols is 1. The van der Waals surface area contributed by atoms with E-state index in [2.05, 4.69) is 0 Å². The van der Waals surface area contributed by atoms with E-state index in [0.717, 1.165) is 0 Å². The van der Waals surface area contributed by atoms with Crippen molar-refractivity contribution >= 4 is 5.91 Å². The Balaban J connectivity index is 2.28. The van der Waals surface area contributed by atoms with Crippen LogP contribution in [0, 0.1) is 0 Å². The lowest BCUT2D eigenvalue weighted by Gasteiger charge is -2.37. The molecular weight excluding hydrogens is 246 g/mol. The number of rotatable bonds is 2. The molecule has 104 valence electrons. The first-order valence-electron chi connectivity index (χ1n) is 6.33. The Morgan fingerprint density at radius 3 is 2.89 bits per heavy atom. The molecule has 1 aromatic carbocycles. The molecule has 1 amide bonds. The zero-order valence-electron chi connectivity index (χ0n) is 11.4. The summed E-state index contributed by atoms with van der Waals surface area (Å²) >= 11 is 0. The smallest absolute Gasteiger partial charge is 0.258 e. The van der Waals surface area contributed by atoms with E-state index in [0.29, 0.717) is 18.9 Å². The van der Waals surface area contributed by atoms with Crippen molar-refractivity contribution in [2.45, 2.75) is 26.0 Å². The second kappa shape index (κ2) is 5.48. The van der Waals surface area contributed by atoms with Crippen LogP contribution in [-0.2, 0) is 4.74 Å². The lowest BCUT2D eigenvalue weighted by Crippen LogP contribution is -2.50. The van der Waals surface area contributed by atoms with E-state index in [4.69, 9.17) is 9.47 Å². The van der Waals surface area contributed by atoms with Crippen LogP contribution in [0.3, 0.4) is 0 Å². The van der Waals surface area contributed by atoms with Gasteiger partial charge in [0.1, 0.15) is 0 Å². The third-order valence-electron chi connectivity index (χ3n) is 3.32. The molecule has 1 aliphatic rings. The van der Waals surface area contributed by atoms with E-state index in [1.54, 1.807) is 23.1 Å². The van der Waals surface area contributed by atoms with Gasteiger partial charge in [0.25, 0.3) is 5.91 Å². The molecule has 1 aliphatic heterocycles. The van der Waals surface area contributed by atoms with Gasteiger partial charge in [0, 0.05) is 6.54 Å². The third kappa shape index (κ3) is 2.66. The largest absolute Gasteiger partial charge is 0.504 e. The molecule has 0 aromatic heterocycles. The lowest BCUT2D eigenvalue weighted by molar-refractivity contribution is -0.0388. The number of hydrogen-bond acceptors (Lipinski definition) is 4. The summed E-state index contributed by atoms with van der Waals surface area (Å²) in [5.41, 5.74) is 0.264. The predicted molar refractivity (Wildman–Crippen MR) is 70.6 cm³/mol. The fourth-order valence-electron chi connectivity index (χ4n) is 2.20. The molecule has 0 spiro atoms. The van der Waals surface area contributed by atoms with Gasteiger partial charge >= 0.3 is 0 Å². The van der Waals surface area contributed by atoms with Gasteiger partial charge in [-0.25, -0.2) is 0 Å². The van der Waals surface area contributed by atoms with Crippen LogP contribution in [0.2, 0.25) is 0 Å². The van der Waals surface area contributed by atoms with Crippen molar-refractivity contribution in [3.05, 3.63) is 23.8 Å². The highest BCUT2D eigenvalue weighted by atomic mass is 16.5. The first-order chi connectivity index (χ1) is 9.04. The van der Waals surface area contributed by atoms with Gasteiger partial charge in [-0.2, -0.15) is 0 Å². The fourth-order valence-corrected chi connectivity index (χ4v) is 2.20. The SMILES string of the molecule is COc1cccc(C(=O)N2CC(C)OCC2C)c1O. The topological polar surface area (TPSA) is 59.0 Å². The summed E-state index contributed by atoms with van der Waals surface area (Å²) in [6, 6.07) is 4.92. The van der Waals surface area contributed by atoms with Crippen LogP contribution in [0.5, 0.6) is 11.5 Å². The molecular formula is C14H19NO4. The molecule has 1 heterocycles. The van der Waals surface area contributed by atoms with Crippen LogP contribution in [0.4, 0.5) is 0 Å². The third-order valence-corrected chi connectivity index (χ3v) is 3.32. The van der Waals surface area contributed by atoms with E-state index in [9.17, 15) is 9.90 Å². The summed E-state index contributed by atoms with van der Waals surface area (Å²) < 4.78 is 10.5. The van der Waals surface area contributed by atoms with Crippen LogP contribution in [0.15, 0.2) is 18.2 Å². The summed E-state index contributed by atoms with van der Waals surface area (Å²) in [7, 11) is 1.46. The number of methoxy groups -OCH3 is 1. The maximum absolute atomic E-state index is 12.5. The Hall–Kier alpha value is -1.75. The molecule has 0 saturated carbocycles. The highest BCUT2D eigenvalue weighted by Gasteiger charge is 2.30. The fraction of sp³-hybridized carbons (Fsp3) is 0.500. The van der Waals surface area contributed by atoms with E-state index >= 15 is 0 Å². The van der Waals surface area contributed by atoms with Crippen LogP contribution in [0.1, 0.15) is 24.2 Å². The molecule has 5 heteroatoms. The van der Waals surface area contributed by atoms with Gasteiger partial charge in [0.15, 0.2) is 11.5 Å². The van der Waals surface area contributed by atoms with Gasteiger partial charge < -0.3 is 19.5 Å². The number of para-hydroxylation sites is 1. The van der Waals surface area contributed by atoms with E-state index < -0.39 is 0 Å². The number of carbonyl (C=O) groups is 1. The van der Waals surface area contributed by atoms with Crippen molar-refractivity contribution in [2.75, 3.05) is 20.3 Å². The summed E-state index contributed by atoms with van der Waals surface area (Å²) in [4.78, 5) is 14.2. The van der Waals surface area contributed by atoms with Gasteiger partial charge in [-0.1, -0.05) is 6.07 Å². The number of morpholine rings is 1. The molecule has 2 atom stereocenters. The molecule has 0 bridgehead atoms. The first-order valence-corrected chi connectivity index (χ1v) is 6.33. The highest BCUT2D eigenvalue weighted by Crippen LogP contribution is 2.31. The van der Waals surface area contributed by atoms with Crippen molar-refractivity contribution in [1.29, 1.82) is 0 Å². The Bertz CT molecular complexity index is 475. The second-order valence-corrected chi connectivity index (χ2v) is 4.81. The van der Waals surface area contributed by atoms with Gasteiger partial charge in [0.05, 0.1) is 31.4 Å². The summed E-state index contributed by atoms with van der Waals surface area (Å²) in [5, 5.41) is 10.0. The van der Waals surface area contributed by atoms with Crippen LogP contribution in [-0.4, -0.2) is 48.3 Å². The van der Waals surface area contributed by atoms with Crippen LogP contribution >= 0.6 is 0 Å². The van der Waals surface area contributed by atoms with E-state index in [1.807, 2.05) is 13.8 Å². The Labute approximate surface area is 112 Å². The molecule has 19 heavy (non-hydrogen) atoms. The van der Waals surface area contributed by atoms with Crippen molar-refractivity contribution < 1.29 is 19.4 Å². The molecule has 0 radical (unpaired) electrons. The van der Waals surface area contributed by atoms with Crippen molar-refractivity contribution in [3.8, 4) is 11.5 Å². The van der Waals surface area contributed by atoms with Crippen LogP contribution in [0.25, 0.3) is 0 Å². The molecule has 0 aliphatic carbocycles. The molecule has 5 nitrogen and oxygen atoms in total.